The Morgan fingerprint density at radius 2 is 1.76 bits per heavy atom. The molecule has 2 rings (SSSR count). The van der Waals surface area contributed by atoms with Gasteiger partial charge < -0.3 is 25.2 Å². The lowest BCUT2D eigenvalue weighted by molar-refractivity contribution is -0.124. The molecule has 0 saturated heterocycles. The summed E-state index contributed by atoms with van der Waals surface area (Å²) in [4.78, 5) is 22.9. The highest BCUT2D eigenvalue weighted by Gasteiger charge is 2.16. The summed E-state index contributed by atoms with van der Waals surface area (Å²) in [7, 11) is 1.51. The van der Waals surface area contributed by atoms with E-state index >= 15 is 0 Å². The van der Waals surface area contributed by atoms with Gasteiger partial charge in [-0.15, -0.1) is 0 Å². The molecule has 2 aromatic carbocycles. The van der Waals surface area contributed by atoms with Crippen LogP contribution in [0.2, 0.25) is 5.02 Å². The average Bonchev–Trinajstić information content (AvgIpc) is 2.64. The zero-order valence-electron chi connectivity index (χ0n) is 16.8. The van der Waals surface area contributed by atoms with Crippen molar-refractivity contribution in [2.75, 3.05) is 19.0 Å². The second-order valence-electron chi connectivity index (χ2n) is 7.42. The van der Waals surface area contributed by atoms with Gasteiger partial charge in [-0.25, -0.2) is 4.79 Å². The number of carbonyl (C=O) groups is 2. The largest absolute Gasteiger partial charge is 0.493 e. The Bertz CT molecular complexity index is 876. The summed E-state index contributed by atoms with van der Waals surface area (Å²) < 4.78 is 10.9. The van der Waals surface area contributed by atoms with Crippen molar-refractivity contribution >= 4 is 29.2 Å². The van der Waals surface area contributed by atoms with Gasteiger partial charge >= 0.3 is 5.97 Å². The van der Waals surface area contributed by atoms with E-state index in [4.69, 9.17) is 26.2 Å². The summed E-state index contributed by atoms with van der Waals surface area (Å²) in [6.45, 7) is 5.90. The Balaban J connectivity index is 2.05. The van der Waals surface area contributed by atoms with Crippen molar-refractivity contribution < 1.29 is 24.2 Å². The number of anilines is 1. The predicted molar refractivity (Wildman–Crippen MR) is 112 cm³/mol. The van der Waals surface area contributed by atoms with Gasteiger partial charge in [0, 0.05) is 28.9 Å². The zero-order valence-corrected chi connectivity index (χ0v) is 17.6. The molecule has 8 heteroatoms. The van der Waals surface area contributed by atoms with Crippen molar-refractivity contribution in [3.05, 3.63) is 52.5 Å². The predicted octanol–water partition coefficient (Wildman–Crippen LogP) is 3.95. The van der Waals surface area contributed by atoms with Crippen LogP contribution >= 0.6 is 11.6 Å². The van der Waals surface area contributed by atoms with Gasteiger partial charge in [-0.1, -0.05) is 11.6 Å². The van der Waals surface area contributed by atoms with Gasteiger partial charge in [0.05, 0.1) is 12.7 Å². The summed E-state index contributed by atoms with van der Waals surface area (Å²) >= 11 is 6.36. The number of aromatic carboxylic acids is 1. The maximum Gasteiger partial charge on any atom is 0.335 e. The van der Waals surface area contributed by atoms with Crippen molar-refractivity contribution in [2.24, 2.45) is 0 Å². The molecule has 0 radical (unpaired) electrons. The number of hydrogen-bond donors (Lipinski definition) is 3. The fourth-order valence-corrected chi connectivity index (χ4v) is 2.73. The van der Waals surface area contributed by atoms with Crippen molar-refractivity contribution in [1.82, 2.24) is 5.32 Å². The number of halogens is 1. The minimum Gasteiger partial charge on any atom is -0.493 e. The molecule has 0 heterocycles. The molecule has 0 bridgehead atoms. The number of carbonyl (C=O) groups excluding carboxylic acids is 1. The van der Waals surface area contributed by atoms with Crippen LogP contribution in [0.1, 0.15) is 36.7 Å². The number of carboxylic acids is 1. The maximum atomic E-state index is 12.0. The Morgan fingerprint density at radius 3 is 2.31 bits per heavy atom. The lowest BCUT2D eigenvalue weighted by Gasteiger charge is -2.21. The minimum atomic E-state index is -0.976. The van der Waals surface area contributed by atoms with Gasteiger partial charge in [0.15, 0.2) is 18.1 Å². The quantitative estimate of drug-likeness (QED) is 0.598. The number of amides is 1. The van der Waals surface area contributed by atoms with Crippen LogP contribution in [0.5, 0.6) is 11.5 Å². The average molecular weight is 421 g/mol. The topological polar surface area (TPSA) is 96.9 Å². The number of hydrogen-bond acceptors (Lipinski definition) is 5. The molecule has 156 valence electrons. The molecule has 2 aromatic rings. The lowest BCUT2D eigenvalue weighted by atomic mass is 10.1. The highest BCUT2D eigenvalue weighted by atomic mass is 35.5. The van der Waals surface area contributed by atoms with E-state index in [1.165, 1.54) is 19.2 Å². The summed E-state index contributed by atoms with van der Waals surface area (Å²) in [6, 6.07) is 9.74. The summed E-state index contributed by atoms with van der Waals surface area (Å²) in [6.07, 6.45) is 0. The molecule has 3 N–H and O–H groups in total. The van der Waals surface area contributed by atoms with Gasteiger partial charge in [0.25, 0.3) is 5.91 Å². The molecular formula is C21H25ClN2O5. The fourth-order valence-electron chi connectivity index (χ4n) is 2.51. The number of nitrogens with one attached hydrogen (secondary N) is 2. The van der Waals surface area contributed by atoms with E-state index in [0.717, 1.165) is 11.3 Å². The standard InChI is InChI=1S/C21H25ClN2O5/c1-21(2,3)24-19(25)12-29-18-10-16(22)14(9-17(18)28-4)11-23-15-7-5-13(6-8-15)20(26)27/h5-10,23H,11-12H2,1-4H3,(H,24,25)(H,26,27). The van der Waals surface area contributed by atoms with E-state index < -0.39 is 5.97 Å². The molecule has 29 heavy (non-hydrogen) atoms. The van der Waals surface area contributed by atoms with Crippen molar-refractivity contribution in [3.63, 3.8) is 0 Å². The van der Waals surface area contributed by atoms with Gasteiger partial charge in [-0.3, -0.25) is 4.79 Å². The summed E-state index contributed by atoms with van der Waals surface area (Å²) in [5, 5.41) is 15.4. The van der Waals surface area contributed by atoms with Crippen LogP contribution in [-0.2, 0) is 11.3 Å². The van der Waals surface area contributed by atoms with E-state index in [0.29, 0.717) is 23.1 Å². The molecule has 0 spiro atoms. The third kappa shape index (κ3) is 6.87. The number of benzene rings is 2. The van der Waals surface area contributed by atoms with E-state index in [-0.39, 0.29) is 23.6 Å². The summed E-state index contributed by atoms with van der Waals surface area (Å²) in [5.41, 5.74) is 1.38. The number of rotatable bonds is 8. The van der Waals surface area contributed by atoms with Crippen molar-refractivity contribution in [3.8, 4) is 11.5 Å². The summed E-state index contributed by atoms with van der Waals surface area (Å²) in [5.74, 6) is -0.394. The molecule has 7 nitrogen and oxygen atoms in total. The second-order valence-corrected chi connectivity index (χ2v) is 7.82. The molecule has 1 amide bonds. The first-order chi connectivity index (χ1) is 13.6. The van der Waals surface area contributed by atoms with Gasteiger partial charge in [-0.2, -0.15) is 0 Å². The van der Waals surface area contributed by atoms with Crippen LogP contribution in [0.4, 0.5) is 5.69 Å². The molecule has 0 aliphatic rings. The second kappa shape index (κ2) is 9.52. The highest BCUT2D eigenvalue weighted by Crippen LogP contribution is 2.33. The molecule has 0 aromatic heterocycles. The van der Waals surface area contributed by atoms with Gasteiger partial charge in [0.2, 0.25) is 0 Å². The maximum absolute atomic E-state index is 12.0. The Hall–Kier alpha value is -2.93. The Morgan fingerprint density at radius 1 is 1.10 bits per heavy atom. The van der Waals surface area contributed by atoms with Crippen LogP contribution in [0.3, 0.4) is 0 Å². The van der Waals surface area contributed by atoms with Gasteiger partial charge in [0.1, 0.15) is 0 Å². The first-order valence-electron chi connectivity index (χ1n) is 8.96. The Kier molecular flexibility index (Phi) is 7.34. The minimum absolute atomic E-state index is 0.155. The third-order valence-electron chi connectivity index (χ3n) is 3.82. The Labute approximate surface area is 175 Å². The normalized spacial score (nSPS) is 10.9. The first-order valence-corrected chi connectivity index (χ1v) is 9.34. The number of ether oxygens (including phenoxy) is 2. The van der Waals surface area contributed by atoms with Crippen LogP contribution in [0.25, 0.3) is 0 Å². The van der Waals surface area contributed by atoms with E-state index in [9.17, 15) is 9.59 Å². The highest BCUT2D eigenvalue weighted by molar-refractivity contribution is 6.31. The van der Waals surface area contributed by atoms with Crippen LogP contribution in [0.15, 0.2) is 36.4 Å². The van der Waals surface area contributed by atoms with E-state index in [1.54, 1.807) is 24.3 Å². The first kappa shape index (κ1) is 22.4. The third-order valence-corrected chi connectivity index (χ3v) is 4.17. The smallest absolute Gasteiger partial charge is 0.335 e. The molecule has 0 aliphatic heterocycles. The molecule has 0 saturated carbocycles. The lowest BCUT2D eigenvalue weighted by Crippen LogP contribution is -2.43. The van der Waals surface area contributed by atoms with Crippen molar-refractivity contribution in [1.29, 1.82) is 0 Å². The molecule has 0 aliphatic carbocycles. The molecule has 0 fully saturated rings. The molecule has 0 atom stereocenters. The zero-order chi connectivity index (χ0) is 21.6. The fraction of sp³-hybridized carbons (Fsp3) is 0.333. The van der Waals surface area contributed by atoms with E-state index in [2.05, 4.69) is 10.6 Å². The molecule has 0 unspecified atom stereocenters. The molecular weight excluding hydrogens is 396 g/mol. The van der Waals surface area contributed by atoms with Crippen LogP contribution in [-0.4, -0.2) is 36.2 Å². The van der Waals surface area contributed by atoms with Gasteiger partial charge in [-0.05, 0) is 56.7 Å². The van der Waals surface area contributed by atoms with E-state index in [1.807, 2.05) is 20.8 Å². The monoisotopic (exact) mass is 420 g/mol. The van der Waals surface area contributed by atoms with Crippen molar-refractivity contribution in [2.45, 2.75) is 32.9 Å². The SMILES string of the molecule is COc1cc(CNc2ccc(C(=O)O)cc2)c(Cl)cc1OCC(=O)NC(C)(C)C. The van der Waals surface area contributed by atoms with Crippen LogP contribution in [0, 0.1) is 0 Å². The number of methoxy groups -OCH3 is 1. The number of carboxylic acid groups (broad SMARTS) is 1. The van der Waals surface area contributed by atoms with Crippen LogP contribution < -0.4 is 20.1 Å².